The summed E-state index contributed by atoms with van der Waals surface area (Å²) in [6, 6.07) is 3.99. The van der Waals surface area contributed by atoms with Gasteiger partial charge in [0.05, 0.1) is 6.61 Å². The number of rotatable bonds is 4. The van der Waals surface area contributed by atoms with Crippen LogP contribution in [0, 0.1) is 5.82 Å². The predicted octanol–water partition coefficient (Wildman–Crippen LogP) is 1.07. The lowest BCUT2D eigenvalue weighted by Crippen LogP contribution is -2.22. The second-order valence-corrected chi connectivity index (χ2v) is 2.97. The van der Waals surface area contributed by atoms with Crippen LogP contribution >= 0.6 is 0 Å². The van der Waals surface area contributed by atoms with Crippen LogP contribution in [0.3, 0.4) is 0 Å². The van der Waals surface area contributed by atoms with Gasteiger partial charge in [-0.3, -0.25) is 4.79 Å². The first-order chi connectivity index (χ1) is 6.69. The van der Waals surface area contributed by atoms with Crippen LogP contribution in [0.25, 0.3) is 0 Å². The highest BCUT2D eigenvalue weighted by Gasteiger charge is 2.07. The molecule has 0 spiro atoms. The number of aldehydes is 1. The summed E-state index contributed by atoms with van der Waals surface area (Å²) in [4.78, 5) is 12.3. The van der Waals surface area contributed by atoms with E-state index >= 15 is 0 Å². The molecular weight excluding hydrogens is 185 g/mol. The molecule has 0 saturated heterocycles. The standard InChI is InChI=1S/C10H12FNO2/c1-12(4-5-13)10-3-2-9(11)6-8(10)7-14/h2-3,6-7,13H,4-5H2,1H3. The molecule has 0 radical (unpaired) electrons. The molecule has 1 rings (SSSR count). The second kappa shape index (κ2) is 4.72. The summed E-state index contributed by atoms with van der Waals surface area (Å²) in [5, 5.41) is 8.71. The summed E-state index contributed by atoms with van der Waals surface area (Å²) in [6.45, 7) is 0.401. The Kier molecular flexibility index (Phi) is 3.59. The highest BCUT2D eigenvalue weighted by atomic mass is 19.1. The van der Waals surface area contributed by atoms with Gasteiger partial charge in [0.2, 0.25) is 0 Å². The molecule has 3 nitrogen and oxygen atoms in total. The third-order valence-corrected chi connectivity index (χ3v) is 1.96. The van der Waals surface area contributed by atoms with E-state index in [1.807, 2.05) is 0 Å². The van der Waals surface area contributed by atoms with Crippen LogP contribution in [0.15, 0.2) is 18.2 Å². The zero-order valence-electron chi connectivity index (χ0n) is 7.90. The van der Waals surface area contributed by atoms with Gasteiger partial charge in [-0.25, -0.2) is 4.39 Å². The van der Waals surface area contributed by atoms with Gasteiger partial charge in [-0.2, -0.15) is 0 Å². The number of hydrogen-bond donors (Lipinski definition) is 1. The molecule has 0 unspecified atom stereocenters. The minimum absolute atomic E-state index is 0.00776. The molecule has 1 N–H and O–H groups in total. The number of hydrogen-bond acceptors (Lipinski definition) is 3. The van der Waals surface area contributed by atoms with Gasteiger partial charge in [0.25, 0.3) is 0 Å². The Morgan fingerprint density at radius 3 is 2.86 bits per heavy atom. The van der Waals surface area contributed by atoms with Crippen LogP contribution in [0.4, 0.5) is 10.1 Å². The minimum Gasteiger partial charge on any atom is -0.395 e. The van der Waals surface area contributed by atoms with Crippen molar-refractivity contribution in [2.24, 2.45) is 0 Å². The predicted molar refractivity (Wildman–Crippen MR) is 52.1 cm³/mol. The van der Waals surface area contributed by atoms with Gasteiger partial charge in [0.1, 0.15) is 5.82 Å². The summed E-state index contributed by atoms with van der Waals surface area (Å²) >= 11 is 0. The molecule has 0 atom stereocenters. The van der Waals surface area contributed by atoms with E-state index in [0.717, 1.165) is 0 Å². The first kappa shape index (κ1) is 10.7. The van der Waals surface area contributed by atoms with Crippen molar-refractivity contribution in [3.63, 3.8) is 0 Å². The van der Waals surface area contributed by atoms with E-state index in [1.54, 1.807) is 11.9 Å². The summed E-state index contributed by atoms with van der Waals surface area (Å²) in [6.07, 6.45) is 0.603. The maximum atomic E-state index is 12.8. The lowest BCUT2D eigenvalue weighted by atomic mass is 10.2. The minimum atomic E-state index is -0.437. The van der Waals surface area contributed by atoms with Gasteiger partial charge in [-0.05, 0) is 18.2 Å². The average Bonchev–Trinajstić information content (AvgIpc) is 2.17. The number of likely N-dealkylation sites (N-methyl/N-ethyl adjacent to an activating group) is 1. The lowest BCUT2D eigenvalue weighted by molar-refractivity contribution is 0.112. The third-order valence-electron chi connectivity index (χ3n) is 1.96. The fourth-order valence-electron chi connectivity index (χ4n) is 1.24. The largest absolute Gasteiger partial charge is 0.395 e. The van der Waals surface area contributed by atoms with Crippen molar-refractivity contribution in [3.05, 3.63) is 29.6 Å². The number of benzene rings is 1. The van der Waals surface area contributed by atoms with E-state index in [1.165, 1.54) is 18.2 Å². The SMILES string of the molecule is CN(CCO)c1ccc(F)cc1C=O. The molecule has 14 heavy (non-hydrogen) atoms. The molecule has 0 aliphatic rings. The molecule has 4 heteroatoms. The molecule has 0 aliphatic carbocycles. The fourth-order valence-corrected chi connectivity index (χ4v) is 1.24. The fraction of sp³-hybridized carbons (Fsp3) is 0.300. The molecule has 0 saturated carbocycles. The van der Waals surface area contributed by atoms with Gasteiger partial charge < -0.3 is 10.0 Å². The van der Waals surface area contributed by atoms with E-state index in [-0.39, 0.29) is 6.61 Å². The summed E-state index contributed by atoms with van der Waals surface area (Å²) in [5.41, 5.74) is 0.913. The molecular formula is C10H12FNO2. The van der Waals surface area contributed by atoms with Crippen LogP contribution in [-0.4, -0.2) is 31.6 Å². The number of nitrogens with zero attached hydrogens (tertiary/aromatic N) is 1. The van der Waals surface area contributed by atoms with Gasteiger partial charge in [0, 0.05) is 24.8 Å². The maximum absolute atomic E-state index is 12.8. The van der Waals surface area contributed by atoms with Crippen LogP contribution in [0.1, 0.15) is 10.4 Å². The van der Waals surface area contributed by atoms with Crippen molar-refractivity contribution in [3.8, 4) is 0 Å². The molecule has 76 valence electrons. The van der Waals surface area contributed by atoms with Crippen molar-refractivity contribution < 1.29 is 14.3 Å². The normalized spacial score (nSPS) is 9.93. The van der Waals surface area contributed by atoms with E-state index in [0.29, 0.717) is 24.1 Å². The second-order valence-electron chi connectivity index (χ2n) is 2.97. The Labute approximate surface area is 81.8 Å². The molecule has 0 bridgehead atoms. The topological polar surface area (TPSA) is 40.5 Å². The monoisotopic (exact) mass is 197 g/mol. The molecule has 0 aromatic heterocycles. The van der Waals surface area contributed by atoms with Crippen molar-refractivity contribution >= 4 is 12.0 Å². The first-order valence-corrected chi connectivity index (χ1v) is 4.25. The van der Waals surface area contributed by atoms with Crippen molar-refractivity contribution in [1.82, 2.24) is 0 Å². The molecule has 1 aromatic carbocycles. The Morgan fingerprint density at radius 2 is 2.29 bits per heavy atom. The average molecular weight is 197 g/mol. The van der Waals surface area contributed by atoms with E-state index in [9.17, 15) is 9.18 Å². The summed E-state index contributed by atoms with van der Waals surface area (Å²) < 4.78 is 12.8. The van der Waals surface area contributed by atoms with Gasteiger partial charge in [-0.15, -0.1) is 0 Å². The first-order valence-electron chi connectivity index (χ1n) is 4.25. The Morgan fingerprint density at radius 1 is 1.57 bits per heavy atom. The molecule has 0 amide bonds. The van der Waals surface area contributed by atoms with Crippen molar-refractivity contribution in [2.75, 3.05) is 25.1 Å². The Balaban J connectivity index is 3.01. The summed E-state index contributed by atoms with van der Waals surface area (Å²) in [5.74, 6) is -0.437. The van der Waals surface area contributed by atoms with E-state index in [4.69, 9.17) is 5.11 Å². The van der Waals surface area contributed by atoms with E-state index < -0.39 is 5.82 Å². The zero-order chi connectivity index (χ0) is 10.6. The Bertz CT molecular complexity index is 328. The molecule has 0 aliphatic heterocycles. The molecule has 1 aromatic rings. The van der Waals surface area contributed by atoms with Crippen LogP contribution in [-0.2, 0) is 0 Å². The van der Waals surface area contributed by atoms with Crippen LogP contribution in [0.2, 0.25) is 0 Å². The lowest BCUT2D eigenvalue weighted by Gasteiger charge is -2.19. The van der Waals surface area contributed by atoms with Crippen molar-refractivity contribution in [2.45, 2.75) is 0 Å². The van der Waals surface area contributed by atoms with Crippen LogP contribution < -0.4 is 4.90 Å². The zero-order valence-corrected chi connectivity index (χ0v) is 7.90. The quantitative estimate of drug-likeness (QED) is 0.734. The highest BCUT2D eigenvalue weighted by Crippen LogP contribution is 2.18. The number of halogens is 1. The van der Waals surface area contributed by atoms with E-state index in [2.05, 4.69) is 0 Å². The number of aliphatic hydroxyl groups is 1. The van der Waals surface area contributed by atoms with Gasteiger partial charge >= 0.3 is 0 Å². The number of anilines is 1. The van der Waals surface area contributed by atoms with Gasteiger partial charge in [0.15, 0.2) is 6.29 Å². The van der Waals surface area contributed by atoms with Gasteiger partial charge in [-0.1, -0.05) is 0 Å². The third kappa shape index (κ3) is 2.29. The van der Waals surface area contributed by atoms with Crippen molar-refractivity contribution in [1.29, 1.82) is 0 Å². The molecule has 0 fully saturated rings. The Hall–Kier alpha value is -1.42. The number of aliphatic hydroxyl groups excluding tert-OH is 1. The maximum Gasteiger partial charge on any atom is 0.152 e. The number of carbonyl (C=O) groups excluding carboxylic acids is 1. The highest BCUT2D eigenvalue weighted by molar-refractivity contribution is 5.84. The summed E-state index contributed by atoms with van der Waals surface area (Å²) in [7, 11) is 1.73. The number of carbonyl (C=O) groups is 1. The molecule has 0 heterocycles. The van der Waals surface area contributed by atoms with Crippen LogP contribution in [0.5, 0.6) is 0 Å². The smallest absolute Gasteiger partial charge is 0.152 e.